The number of hydrogen-bond donors (Lipinski definition) is 1. The van der Waals surface area contributed by atoms with Crippen LogP contribution in [0.25, 0.3) is 0 Å². The topological polar surface area (TPSA) is 66.0 Å². The van der Waals surface area contributed by atoms with Crippen molar-refractivity contribution in [3.63, 3.8) is 0 Å². The summed E-state index contributed by atoms with van der Waals surface area (Å²) in [5, 5.41) is 8.07. The summed E-state index contributed by atoms with van der Waals surface area (Å²) < 4.78 is 7.67. The lowest BCUT2D eigenvalue weighted by atomic mass is 10.1. The number of nitrogens with zero attached hydrogens (tertiary/aromatic N) is 3. The number of aromatic nitrogens is 3. The van der Waals surface area contributed by atoms with Crippen LogP contribution in [0.4, 0.5) is 0 Å². The Morgan fingerprint density at radius 3 is 2.79 bits per heavy atom. The molecule has 0 fully saturated rings. The van der Waals surface area contributed by atoms with E-state index >= 15 is 0 Å². The lowest BCUT2D eigenvalue weighted by Crippen LogP contribution is -2.17. The highest BCUT2D eigenvalue weighted by Crippen LogP contribution is 2.15. The minimum absolute atomic E-state index is 0.150. The third-order valence-corrected chi connectivity index (χ3v) is 3.01. The molecule has 19 heavy (non-hydrogen) atoms. The Balaban J connectivity index is 2.01. The number of nitrogens with two attached hydrogens (primary N) is 1. The van der Waals surface area contributed by atoms with Gasteiger partial charge in [-0.1, -0.05) is 12.1 Å². The van der Waals surface area contributed by atoms with Crippen LogP contribution in [0, 0.1) is 6.92 Å². The van der Waals surface area contributed by atoms with Crippen LogP contribution >= 0.6 is 0 Å². The molecule has 5 nitrogen and oxygen atoms in total. The molecule has 0 saturated carbocycles. The van der Waals surface area contributed by atoms with E-state index in [0.717, 1.165) is 23.8 Å². The van der Waals surface area contributed by atoms with Gasteiger partial charge in [0.2, 0.25) is 0 Å². The van der Waals surface area contributed by atoms with Crippen molar-refractivity contribution in [1.29, 1.82) is 0 Å². The molecule has 2 N–H and O–H groups in total. The first-order chi connectivity index (χ1) is 9.06. The van der Waals surface area contributed by atoms with Crippen molar-refractivity contribution in [2.45, 2.75) is 32.9 Å². The maximum atomic E-state index is 5.80. The van der Waals surface area contributed by atoms with Gasteiger partial charge in [0.25, 0.3) is 0 Å². The number of hydrogen-bond acceptors (Lipinski definition) is 4. The predicted octanol–water partition coefficient (Wildman–Crippen LogP) is 1.59. The Morgan fingerprint density at radius 1 is 1.37 bits per heavy atom. The molecule has 0 aliphatic heterocycles. The van der Waals surface area contributed by atoms with Gasteiger partial charge >= 0.3 is 0 Å². The van der Waals surface area contributed by atoms with Gasteiger partial charge < -0.3 is 15.0 Å². The van der Waals surface area contributed by atoms with Gasteiger partial charge in [0.05, 0.1) is 0 Å². The molecule has 0 bridgehead atoms. The highest BCUT2D eigenvalue weighted by molar-refractivity contribution is 5.29. The Labute approximate surface area is 113 Å². The van der Waals surface area contributed by atoms with Crippen molar-refractivity contribution in [3.05, 3.63) is 41.5 Å². The molecule has 1 aromatic carbocycles. The average Bonchev–Trinajstić information content (AvgIpc) is 2.67. The van der Waals surface area contributed by atoms with Crippen molar-refractivity contribution < 1.29 is 4.74 Å². The van der Waals surface area contributed by atoms with Gasteiger partial charge in [0.1, 0.15) is 18.2 Å². The highest BCUT2D eigenvalue weighted by Gasteiger charge is 2.06. The van der Waals surface area contributed by atoms with Crippen LogP contribution in [0.2, 0.25) is 0 Å². The molecule has 0 aliphatic carbocycles. The summed E-state index contributed by atoms with van der Waals surface area (Å²) in [6, 6.07) is 8.15. The lowest BCUT2D eigenvalue weighted by Gasteiger charge is -2.09. The van der Waals surface area contributed by atoms with Crippen LogP contribution in [0.5, 0.6) is 5.75 Å². The van der Waals surface area contributed by atoms with Crippen molar-refractivity contribution in [2.75, 3.05) is 0 Å². The molecule has 1 atom stereocenters. The normalized spacial score (nSPS) is 12.4. The summed E-state index contributed by atoms with van der Waals surface area (Å²) in [5.74, 6) is 2.53. The molecular weight excluding hydrogens is 240 g/mol. The van der Waals surface area contributed by atoms with Crippen LogP contribution in [-0.4, -0.2) is 20.8 Å². The Bertz CT molecular complexity index is 548. The summed E-state index contributed by atoms with van der Waals surface area (Å²) in [5.41, 5.74) is 6.98. The van der Waals surface area contributed by atoms with E-state index in [1.54, 1.807) is 0 Å². The fourth-order valence-electron chi connectivity index (χ4n) is 1.86. The molecule has 0 radical (unpaired) electrons. The molecule has 0 aliphatic rings. The third kappa shape index (κ3) is 3.54. The van der Waals surface area contributed by atoms with Gasteiger partial charge in [-0.25, -0.2) is 0 Å². The second-order valence-electron chi connectivity index (χ2n) is 4.84. The van der Waals surface area contributed by atoms with E-state index in [-0.39, 0.29) is 6.04 Å². The van der Waals surface area contributed by atoms with Crippen LogP contribution in [0.3, 0.4) is 0 Å². The van der Waals surface area contributed by atoms with E-state index in [2.05, 4.69) is 16.3 Å². The van der Waals surface area contributed by atoms with Crippen molar-refractivity contribution >= 4 is 0 Å². The fraction of sp³-hybridized carbons (Fsp3) is 0.429. The predicted molar refractivity (Wildman–Crippen MR) is 73.9 cm³/mol. The number of aryl methyl sites for hydroxylation is 1. The zero-order chi connectivity index (χ0) is 13.8. The molecule has 0 saturated heterocycles. The van der Waals surface area contributed by atoms with Gasteiger partial charge in [-0.3, -0.25) is 0 Å². The summed E-state index contributed by atoms with van der Waals surface area (Å²) >= 11 is 0. The molecule has 1 aromatic heterocycles. The maximum absolute atomic E-state index is 5.80. The SMILES string of the molecule is Cc1nnc(COc2cccc(CC(C)N)c2)n1C. The number of benzene rings is 1. The summed E-state index contributed by atoms with van der Waals surface area (Å²) in [4.78, 5) is 0. The Morgan fingerprint density at radius 2 is 2.16 bits per heavy atom. The largest absolute Gasteiger partial charge is 0.486 e. The quantitative estimate of drug-likeness (QED) is 0.886. The zero-order valence-corrected chi connectivity index (χ0v) is 11.6. The number of rotatable bonds is 5. The molecule has 2 rings (SSSR count). The Hall–Kier alpha value is -1.88. The van der Waals surface area contributed by atoms with E-state index in [9.17, 15) is 0 Å². The summed E-state index contributed by atoms with van der Waals surface area (Å²) in [6.07, 6.45) is 0.847. The van der Waals surface area contributed by atoms with E-state index < -0.39 is 0 Å². The van der Waals surface area contributed by atoms with Gasteiger partial charge in [-0.15, -0.1) is 10.2 Å². The Kier molecular flexibility index (Phi) is 4.16. The molecule has 0 spiro atoms. The van der Waals surface area contributed by atoms with Gasteiger partial charge in [0, 0.05) is 13.1 Å². The molecule has 102 valence electrons. The van der Waals surface area contributed by atoms with Crippen LogP contribution < -0.4 is 10.5 Å². The average molecular weight is 260 g/mol. The smallest absolute Gasteiger partial charge is 0.170 e. The zero-order valence-electron chi connectivity index (χ0n) is 11.6. The minimum Gasteiger partial charge on any atom is -0.486 e. The van der Waals surface area contributed by atoms with Gasteiger partial charge in [-0.2, -0.15) is 0 Å². The molecular formula is C14H20N4O. The summed E-state index contributed by atoms with van der Waals surface area (Å²) in [6.45, 7) is 4.33. The minimum atomic E-state index is 0.150. The third-order valence-electron chi connectivity index (χ3n) is 3.01. The standard InChI is InChI=1S/C14H20N4O/c1-10(15)7-12-5-4-6-13(8-12)19-9-14-17-16-11(2)18(14)3/h4-6,8,10H,7,9,15H2,1-3H3. The van der Waals surface area contributed by atoms with E-state index in [0.29, 0.717) is 6.61 Å². The van der Waals surface area contributed by atoms with Gasteiger partial charge in [0.15, 0.2) is 5.82 Å². The van der Waals surface area contributed by atoms with E-state index in [4.69, 9.17) is 10.5 Å². The van der Waals surface area contributed by atoms with Crippen molar-refractivity contribution in [1.82, 2.24) is 14.8 Å². The van der Waals surface area contributed by atoms with Crippen LogP contribution in [0.15, 0.2) is 24.3 Å². The molecule has 5 heteroatoms. The lowest BCUT2D eigenvalue weighted by molar-refractivity contribution is 0.290. The van der Waals surface area contributed by atoms with E-state index in [1.807, 2.05) is 43.7 Å². The molecule has 0 amide bonds. The van der Waals surface area contributed by atoms with Crippen LogP contribution in [-0.2, 0) is 20.1 Å². The maximum Gasteiger partial charge on any atom is 0.170 e. The van der Waals surface area contributed by atoms with Gasteiger partial charge in [-0.05, 0) is 38.0 Å². The van der Waals surface area contributed by atoms with E-state index in [1.165, 1.54) is 5.56 Å². The fourth-order valence-corrected chi connectivity index (χ4v) is 1.86. The number of ether oxygens (including phenoxy) is 1. The van der Waals surface area contributed by atoms with Crippen molar-refractivity contribution in [3.8, 4) is 5.75 Å². The first-order valence-electron chi connectivity index (χ1n) is 6.38. The second kappa shape index (κ2) is 5.84. The first kappa shape index (κ1) is 13.5. The molecule has 1 heterocycles. The highest BCUT2D eigenvalue weighted by atomic mass is 16.5. The van der Waals surface area contributed by atoms with Crippen LogP contribution in [0.1, 0.15) is 24.1 Å². The molecule has 2 aromatic rings. The monoisotopic (exact) mass is 260 g/mol. The molecule has 1 unspecified atom stereocenters. The second-order valence-corrected chi connectivity index (χ2v) is 4.84. The first-order valence-corrected chi connectivity index (χ1v) is 6.38. The van der Waals surface area contributed by atoms with Crippen molar-refractivity contribution in [2.24, 2.45) is 12.8 Å². The summed E-state index contributed by atoms with van der Waals surface area (Å²) in [7, 11) is 1.93.